The van der Waals surface area contributed by atoms with Gasteiger partial charge in [-0.25, -0.2) is 4.98 Å². The molecular formula is C10H14N2OS. The minimum Gasteiger partial charge on any atom is -0.504 e. The Morgan fingerprint density at radius 2 is 2.14 bits per heavy atom. The summed E-state index contributed by atoms with van der Waals surface area (Å²) in [6.45, 7) is 3.89. The highest BCUT2D eigenvalue weighted by molar-refractivity contribution is 7.99. The highest BCUT2D eigenvalue weighted by Crippen LogP contribution is 2.26. The molecule has 0 radical (unpaired) electrons. The largest absolute Gasteiger partial charge is 0.504 e. The lowest BCUT2D eigenvalue weighted by Crippen LogP contribution is -2.33. The van der Waals surface area contributed by atoms with Gasteiger partial charge in [0.2, 0.25) is 0 Å². The Hall–Kier alpha value is -0.900. The van der Waals surface area contributed by atoms with Crippen molar-refractivity contribution in [2.24, 2.45) is 0 Å². The molecule has 0 atom stereocenters. The van der Waals surface area contributed by atoms with Crippen molar-refractivity contribution in [3.8, 4) is 5.75 Å². The van der Waals surface area contributed by atoms with Gasteiger partial charge in [0.25, 0.3) is 0 Å². The van der Waals surface area contributed by atoms with Gasteiger partial charge >= 0.3 is 0 Å². The van der Waals surface area contributed by atoms with E-state index in [1.54, 1.807) is 12.3 Å². The lowest BCUT2D eigenvalue weighted by atomic mass is 10.3. The van der Waals surface area contributed by atoms with Crippen LogP contribution in [-0.4, -0.2) is 34.7 Å². The molecule has 0 spiro atoms. The molecule has 1 aliphatic rings. The van der Waals surface area contributed by atoms with Crippen molar-refractivity contribution in [1.82, 2.24) is 4.98 Å². The Labute approximate surface area is 88.1 Å². The standard InChI is InChI=1S/C10H14N2OS/c1-8-6-9(13)10(11-7-8)12-2-4-14-5-3-12/h6-7,13H,2-5H2,1H3. The van der Waals surface area contributed by atoms with Crippen LogP contribution in [-0.2, 0) is 0 Å². The molecule has 0 unspecified atom stereocenters. The number of pyridine rings is 1. The van der Waals surface area contributed by atoms with Crippen LogP contribution < -0.4 is 4.90 Å². The van der Waals surface area contributed by atoms with Crippen molar-refractivity contribution in [2.75, 3.05) is 29.5 Å². The van der Waals surface area contributed by atoms with Crippen LogP contribution in [0.3, 0.4) is 0 Å². The van der Waals surface area contributed by atoms with E-state index in [2.05, 4.69) is 9.88 Å². The summed E-state index contributed by atoms with van der Waals surface area (Å²) in [5.41, 5.74) is 0.998. The number of thioether (sulfide) groups is 1. The summed E-state index contributed by atoms with van der Waals surface area (Å²) in [6, 6.07) is 1.77. The summed E-state index contributed by atoms with van der Waals surface area (Å²) in [4.78, 5) is 6.41. The third-order valence-electron chi connectivity index (χ3n) is 2.29. The van der Waals surface area contributed by atoms with E-state index < -0.39 is 0 Å². The Balaban J connectivity index is 2.22. The van der Waals surface area contributed by atoms with Gasteiger partial charge in [-0.15, -0.1) is 0 Å². The molecule has 1 aliphatic heterocycles. The quantitative estimate of drug-likeness (QED) is 0.764. The molecule has 1 saturated heterocycles. The van der Waals surface area contributed by atoms with Crippen LogP contribution in [0.25, 0.3) is 0 Å². The van der Waals surface area contributed by atoms with E-state index in [9.17, 15) is 5.11 Å². The zero-order chi connectivity index (χ0) is 9.97. The number of hydrogen-bond donors (Lipinski definition) is 1. The fraction of sp³-hybridized carbons (Fsp3) is 0.500. The fourth-order valence-corrected chi connectivity index (χ4v) is 2.47. The zero-order valence-corrected chi connectivity index (χ0v) is 9.05. The van der Waals surface area contributed by atoms with E-state index in [1.165, 1.54) is 0 Å². The van der Waals surface area contributed by atoms with Gasteiger partial charge in [0.1, 0.15) is 0 Å². The number of aryl methyl sites for hydroxylation is 1. The van der Waals surface area contributed by atoms with E-state index in [0.29, 0.717) is 5.75 Å². The van der Waals surface area contributed by atoms with E-state index >= 15 is 0 Å². The monoisotopic (exact) mass is 210 g/mol. The normalized spacial score (nSPS) is 17.1. The van der Waals surface area contributed by atoms with Crippen LogP contribution in [0.1, 0.15) is 5.56 Å². The first-order valence-corrected chi connectivity index (χ1v) is 5.91. The van der Waals surface area contributed by atoms with Gasteiger partial charge in [0.15, 0.2) is 11.6 Å². The minimum absolute atomic E-state index is 0.303. The zero-order valence-electron chi connectivity index (χ0n) is 8.23. The number of anilines is 1. The van der Waals surface area contributed by atoms with Gasteiger partial charge in [0, 0.05) is 30.8 Å². The number of rotatable bonds is 1. The van der Waals surface area contributed by atoms with Crippen molar-refractivity contribution < 1.29 is 5.11 Å². The fourth-order valence-electron chi connectivity index (χ4n) is 1.57. The molecule has 1 N–H and O–H groups in total. The number of hydrogen-bond acceptors (Lipinski definition) is 4. The van der Waals surface area contributed by atoms with Gasteiger partial charge in [0.05, 0.1) is 0 Å². The first-order chi connectivity index (χ1) is 6.77. The van der Waals surface area contributed by atoms with Crippen LogP contribution in [0, 0.1) is 6.92 Å². The molecule has 2 rings (SSSR count). The van der Waals surface area contributed by atoms with E-state index in [0.717, 1.165) is 36.0 Å². The van der Waals surface area contributed by atoms with Crippen molar-refractivity contribution in [2.45, 2.75) is 6.92 Å². The lowest BCUT2D eigenvalue weighted by Gasteiger charge is -2.27. The molecule has 0 aliphatic carbocycles. The molecule has 2 heterocycles. The Kier molecular flexibility index (Phi) is 2.82. The summed E-state index contributed by atoms with van der Waals surface area (Å²) >= 11 is 1.95. The maximum atomic E-state index is 9.73. The van der Waals surface area contributed by atoms with Crippen LogP contribution in [0.2, 0.25) is 0 Å². The molecule has 0 amide bonds. The summed E-state index contributed by atoms with van der Waals surface area (Å²) in [5, 5.41) is 9.73. The third-order valence-corrected chi connectivity index (χ3v) is 3.24. The van der Waals surface area contributed by atoms with Crippen molar-refractivity contribution in [3.05, 3.63) is 17.8 Å². The van der Waals surface area contributed by atoms with Crippen LogP contribution in [0.15, 0.2) is 12.3 Å². The topological polar surface area (TPSA) is 36.4 Å². The number of aromatic nitrogens is 1. The second-order valence-electron chi connectivity index (χ2n) is 3.45. The average molecular weight is 210 g/mol. The summed E-state index contributed by atoms with van der Waals surface area (Å²) in [7, 11) is 0. The molecule has 1 aromatic heterocycles. The summed E-state index contributed by atoms with van der Waals surface area (Å²) < 4.78 is 0. The molecular weight excluding hydrogens is 196 g/mol. The van der Waals surface area contributed by atoms with Gasteiger partial charge in [-0.3, -0.25) is 0 Å². The highest BCUT2D eigenvalue weighted by atomic mass is 32.2. The first-order valence-electron chi connectivity index (χ1n) is 4.75. The van der Waals surface area contributed by atoms with Gasteiger partial charge in [-0.1, -0.05) is 0 Å². The number of nitrogens with zero attached hydrogens (tertiary/aromatic N) is 2. The Bertz CT molecular complexity index is 324. The smallest absolute Gasteiger partial charge is 0.171 e. The SMILES string of the molecule is Cc1cnc(N2CCSCC2)c(O)c1. The molecule has 0 saturated carbocycles. The van der Waals surface area contributed by atoms with Crippen LogP contribution >= 0.6 is 11.8 Å². The van der Waals surface area contributed by atoms with Crippen LogP contribution in [0.5, 0.6) is 5.75 Å². The highest BCUT2D eigenvalue weighted by Gasteiger charge is 2.15. The summed E-state index contributed by atoms with van der Waals surface area (Å²) in [5.74, 6) is 3.28. The van der Waals surface area contributed by atoms with Crippen molar-refractivity contribution >= 4 is 17.6 Å². The lowest BCUT2D eigenvalue weighted by molar-refractivity contribution is 0.471. The molecule has 3 nitrogen and oxygen atoms in total. The Morgan fingerprint density at radius 1 is 1.43 bits per heavy atom. The first kappa shape index (κ1) is 9.65. The van der Waals surface area contributed by atoms with Gasteiger partial charge in [-0.05, 0) is 18.6 Å². The minimum atomic E-state index is 0.303. The maximum Gasteiger partial charge on any atom is 0.171 e. The Morgan fingerprint density at radius 3 is 2.79 bits per heavy atom. The second-order valence-corrected chi connectivity index (χ2v) is 4.68. The molecule has 0 aromatic carbocycles. The predicted molar refractivity (Wildman–Crippen MR) is 60.2 cm³/mol. The van der Waals surface area contributed by atoms with Gasteiger partial charge < -0.3 is 10.0 Å². The molecule has 76 valence electrons. The van der Waals surface area contributed by atoms with Crippen LogP contribution in [0.4, 0.5) is 5.82 Å². The molecule has 4 heteroatoms. The molecule has 14 heavy (non-hydrogen) atoms. The van der Waals surface area contributed by atoms with E-state index in [-0.39, 0.29) is 0 Å². The second kappa shape index (κ2) is 4.09. The maximum absolute atomic E-state index is 9.73. The van der Waals surface area contributed by atoms with Crippen molar-refractivity contribution in [1.29, 1.82) is 0 Å². The van der Waals surface area contributed by atoms with Crippen molar-refractivity contribution in [3.63, 3.8) is 0 Å². The molecule has 1 fully saturated rings. The average Bonchev–Trinajstić information content (AvgIpc) is 2.19. The van der Waals surface area contributed by atoms with E-state index in [4.69, 9.17) is 0 Å². The third kappa shape index (κ3) is 1.95. The molecule has 0 bridgehead atoms. The van der Waals surface area contributed by atoms with Gasteiger partial charge in [-0.2, -0.15) is 11.8 Å². The van der Waals surface area contributed by atoms with E-state index in [1.807, 2.05) is 18.7 Å². The summed E-state index contributed by atoms with van der Waals surface area (Å²) in [6.07, 6.45) is 1.80. The predicted octanol–water partition coefficient (Wildman–Crippen LogP) is 1.65. The molecule has 1 aromatic rings. The number of aromatic hydroxyl groups is 1.